The maximum absolute atomic E-state index is 11.3. The van der Waals surface area contributed by atoms with Gasteiger partial charge in [-0.1, -0.05) is 6.92 Å². The number of amides is 1. The fourth-order valence-corrected chi connectivity index (χ4v) is 1.62. The summed E-state index contributed by atoms with van der Waals surface area (Å²) in [6.07, 6.45) is 4.65. The molecule has 0 saturated carbocycles. The first kappa shape index (κ1) is 12.7. The summed E-state index contributed by atoms with van der Waals surface area (Å²) in [6.45, 7) is 6.73. The molecular weight excluding hydrogens is 204 g/mol. The van der Waals surface area contributed by atoms with E-state index in [1.165, 1.54) is 0 Å². The van der Waals surface area contributed by atoms with Crippen LogP contribution in [-0.4, -0.2) is 28.3 Å². The molecule has 0 aromatic carbocycles. The molecule has 2 unspecified atom stereocenters. The fourth-order valence-electron chi connectivity index (χ4n) is 1.62. The number of aryl methyl sites for hydroxylation is 1. The van der Waals surface area contributed by atoms with E-state index >= 15 is 0 Å². The van der Waals surface area contributed by atoms with Crippen LogP contribution in [0.25, 0.3) is 0 Å². The van der Waals surface area contributed by atoms with Crippen LogP contribution in [0, 0.1) is 6.92 Å². The third kappa shape index (κ3) is 3.06. The van der Waals surface area contributed by atoms with E-state index in [-0.39, 0.29) is 18.0 Å². The molecule has 1 heterocycles. The van der Waals surface area contributed by atoms with Crippen molar-refractivity contribution in [3.8, 4) is 0 Å². The zero-order valence-electron chi connectivity index (χ0n) is 10.1. The number of hydrogen-bond donors (Lipinski definition) is 2. The number of carbonyl (C=O) groups excluding carboxylic acids is 1. The standard InChI is InChI=1S/C11H20N4O/c1-4-5-13-10(11(12)16)9(3)15-7-8(2)6-14-15/h6-7,9-10,13H,4-5H2,1-3H3,(H2,12,16). The molecule has 0 saturated heterocycles. The molecule has 0 fully saturated rings. The van der Waals surface area contributed by atoms with Gasteiger partial charge in [-0.25, -0.2) is 0 Å². The van der Waals surface area contributed by atoms with Gasteiger partial charge in [0.05, 0.1) is 12.2 Å². The molecule has 0 aliphatic carbocycles. The molecular formula is C11H20N4O. The van der Waals surface area contributed by atoms with Gasteiger partial charge in [-0.3, -0.25) is 9.48 Å². The van der Waals surface area contributed by atoms with Gasteiger partial charge in [-0.05, 0) is 32.4 Å². The van der Waals surface area contributed by atoms with Crippen molar-refractivity contribution in [3.05, 3.63) is 18.0 Å². The second kappa shape index (κ2) is 5.65. The van der Waals surface area contributed by atoms with Gasteiger partial charge in [-0.15, -0.1) is 0 Å². The summed E-state index contributed by atoms with van der Waals surface area (Å²) in [5.74, 6) is -0.339. The molecule has 0 spiro atoms. The van der Waals surface area contributed by atoms with Gasteiger partial charge in [0.15, 0.2) is 0 Å². The summed E-state index contributed by atoms with van der Waals surface area (Å²) in [5, 5.41) is 7.34. The summed E-state index contributed by atoms with van der Waals surface area (Å²) >= 11 is 0. The molecule has 16 heavy (non-hydrogen) atoms. The molecule has 5 nitrogen and oxygen atoms in total. The van der Waals surface area contributed by atoms with Gasteiger partial charge >= 0.3 is 0 Å². The Morgan fingerprint density at radius 2 is 2.38 bits per heavy atom. The zero-order chi connectivity index (χ0) is 12.1. The molecule has 1 amide bonds. The average Bonchev–Trinajstić information content (AvgIpc) is 2.64. The average molecular weight is 224 g/mol. The summed E-state index contributed by atoms with van der Waals surface area (Å²) in [4.78, 5) is 11.3. The SMILES string of the molecule is CCCNC(C(N)=O)C(C)n1cc(C)cn1. The highest BCUT2D eigenvalue weighted by Gasteiger charge is 2.23. The third-order valence-electron chi connectivity index (χ3n) is 2.55. The molecule has 0 radical (unpaired) electrons. The molecule has 90 valence electrons. The number of primary amides is 1. The maximum Gasteiger partial charge on any atom is 0.236 e. The number of rotatable bonds is 6. The Morgan fingerprint density at radius 3 is 2.81 bits per heavy atom. The minimum absolute atomic E-state index is 0.0715. The van der Waals surface area contributed by atoms with Gasteiger partial charge in [0.2, 0.25) is 5.91 Å². The Bertz CT molecular complexity index is 348. The number of nitrogens with two attached hydrogens (primary N) is 1. The van der Waals surface area contributed by atoms with Crippen LogP contribution in [0.1, 0.15) is 31.9 Å². The van der Waals surface area contributed by atoms with E-state index in [0.29, 0.717) is 0 Å². The van der Waals surface area contributed by atoms with E-state index in [9.17, 15) is 4.79 Å². The lowest BCUT2D eigenvalue weighted by molar-refractivity contribution is -0.121. The van der Waals surface area contributed by atoms with Crippen molar-refractivity contribution >= 4 is 5.91 Å². The first-order chi connectivity index (χ1) is 7.56. The topological polar surface area (TPSA) is 72.9 Å². The highest BCUT2D eigenvalue weighted by molar-refractivity contribution is 5.80. The molecule has 1 aromatic rings. The van der Waals surface area contributed by atoms with Crippen LogP contribution in [0.2, 0.25) is 0 Å². The van der Waals surface area contributed by atoms with Crippen molar-refractivity contribution in [1.29, 1.82) is 0 Å². The van der Waals surface area contributed by atoms with Crippen LogP contribution >= 0.6 is 0 Å². The van der Waals surface area contributed by atoms with E-state index in [2.05, 4.69) is 10.4 Å². The quantitative estimate of drug-likeness (QED) is 0.743. The largest absolute Gasteiger partial charge is 0.368 e. The van der Waals surface area contributed by atoms with Crippen LogP contribution in [0.3, 0.4) is 0 Å². The summed E-state index contributed by atoms with van der Waals surface area (Å²) in [7, 11) is 0. The highest BCUT2D eigenvalue weighted by Crippen LogP contribution is 2.11. The van der Waals surface area contributed by atoms with Crippen LogP contribution in [0.4, 0.5) is 0 Å². The Balaban J connectivity index is 2.74. The smallest absolute Gasteiger partial charge is 0.236 e. The van der Waals surface area contributed by atoms with Crippen LogP contribution in [-0.2, 0) is 4.79 Å². The lowest BCUT2D eigenvalue weighted by Crippen LogP contribution is -2.46. The second-order valence-electron chi connectivity index (χ2n) is 4.07. The Kier molecular flexibility index (Phi) is 4.49. The highest BCUT2D eigenvalue weighted by atomic mass is 16.1. The summed E-state index contributed by atoms with van der Waals surface area (Å²) in [6, 6.07) is -0.447. The minimum Gasteiger partial charge on any atom is -0.368 e. The first-order valence-electron chi connectivity index (χ1n) is 5.59. The monoisotopic (exact) mass is 224 g/mol. The third-order valence-corrected chi connectivity index (χ3v) is 2.55. The van der Waals surface area contributed by atoms with Gasteiger partial charge in [-0.2, -0.15) is 5.10 Å². The molecule has 1 rings (SSSR count). The molecule has 0 aliphatic heterocycles. The number of nitrogens with zero attached hydrogens (tertiary/aromatic N) is 2. The zero-order valence-corrected chi connectivity index (χ0v) is 10.1. The normalized spacial score (nSPS) is 14.7. The fraction of sp³-hybridized carbons (Fsp3) is 0.636. The van der Waals surface area contributed by atoms with Crippen LogP contribution < -0.4 is 11.1 Å². The van der Waals surface area contributed by atoms with Crippen molar-refractivity contribution in [2.75, 3.05) is 6.54 Å². The molecule has 3 N–H and O–H groups in total. The van der Waals surface area contributed by atoms with E-state index in [4.69, 9.17) is 5.73 Å². The maximum atomic E-state index is 11.3. The number of carbonyl (C=O) groups is 1. The Labute approximate surface area is 96.0 Å². The number of aromatic nitrogens is 2. The van der Waals surface area contributed by atoms with E-state index < -0.39 is 0 Å². The van der Waals surface area contributed by atoms with Crippen molar-refractivity contribution < 1.29 is 4.79 Å². The van der Waals surface area contributed by atoms with E-state index in [0.717, 1.165) is 18.5 Å². The number of hydrogen-bond acceptors (Lipinski definition) is 3. The minimum atomic E-state index is -0.376. The van der Waals surface area contributed by atoms with Crippen molar-refractivity contribution in [2.45, 2.75) is 39.3 Å². The van der Waals surface area contributed by atoms with Crippen LogP contribution in [0.5, 0.6) is 0 Å². The lowest BCUT2D eigenvalue weighted by Gasteiger charge is -2.22. The van der Waals surface area contributed by atoms with Gasteiger partial charge in [0, 0.05) is 6.20 Å². The van der Waals surface area contributed by atoms with Crippen LogP contribution in [0.15, 0.2) is 12.4 Å². The van der Waals surface area contributed by atoms with Gasteiger partial charge in [0.1, 0.15) is 6.04 Å². The number of nitrogens with one attached hydrogen (secondary N) is 1. The molecule has 5 heteroatoms. The Morgan fingerprint density at radius 1 is 1.69 bits per heavy atom. The molecule has 0 bridgehead atoms. The summed E-state index contributed by atoms with van der Waals surface area (Å²) in [5.41, 5.74) is 6.45. The van der Waals surface area contributed by atoms with Crippen molar-refractivity contribution in [3.63, 3.8) is 0 Å². The molecule has 2 atom stereocenters. The Hall–Kier alpha value is -1.36. The molecule has 0 aliphatic rings. The van der Waals surface area contributed by atoms with E-state index in [1.807, 2.05) is 27.0 Å². The molecule has 1 aromatic heterocycles. The van der Waals surface area contributed by atoms with E-state index in [1.54, 1.807) is 10.9 Å². The predicted molar refractivity (Wildman–Crippen MR) is 63.0 cm³/mol. The summed E-state index contributed by atoms with van der Waals surface area (Å²) < 4.78 is 1.77. The van der Waals surface area contributed by atoms with Gasteiger partial charge < -0.3 is 11.1 Å². The second-order valence-corrected chi connectivity index (χ2v) is 4.07. The first-order valence-corrected chi connectivity index (χ1v) is 5.59. The van der Waals surface area contributed by atoms with Gasteiger partial charge in [0.25, 0.3) is 0 Å². The predicted octanol–water partition coefficient (Wildman–Crippen LogP) is 0.606. The van der Waals surface area contributed by atoms with Crippen molar-refractivity contribution in [1.82, 2.24) is 15.1 Å². The lowest BCUT2D eigenvalue weighted by atomic mass is 10.1. The van der Waals surface area contributed by atoms with Crippen molar-refractivity contribution in [2.24, 2.45) is 5.73 Å².